The molecule has 1 aliphatic carbocycles. The van der Waals surface area contributed by atoms with Crippen LogP contribution in [0.25, 0.3) is 0 Å². The highest BCUT2D eigenvalue weighted by molar-refractivity contribution is 7.91. The summed E-state index contributed by atoms with van der Waals surface area (Å²) in [6.07, 6.45) is 5.28. The van der Waals surface area contributed by atoms with Crippen molar-refractivity contribution in [3.05, 3.63) is 29.3 Å². The molecular weight excluding hydrogens is 312 g/mol. The number of rotatable bonds is 5. The average molecular weight is 336 g/mol. The Morgan fingerprint density at radius 1 is 1.22 bits per heavy atom. The van der Waals surface area contributed by atoms with Gasteiger partial charge in [0.2, 0.25) is 5.91 Å². The van der Waals surface area contributed by atoms with E-state index in [9.17, 15) is 13.2 Å². The molecule has 1 atom stereocenters. The second-order valence-corrected chi connectivity index (χ2v) is 8.81. The zero-order valence-corrected chi connectivity index (χ0v) is 14.1. The summed E-state index contributed by atoms with van der Waals surface area (Å²) < 4.78 is 22.8. The lowest BCUT2D eigenvalue weighted by Gasteiger charge is -2.20. The molecule has 2 N–H and O–H groups in total. The van der Waals surface area contributed by atoms with E-state index in [0.717, 1.165) is 18.5 Å². The third kappa shape index (κ3) is 4.25. The van der Waals surface area contributed by atoms with Gasteiger partial charge >= 0.3 is 0 Å². The molecule has 1 aromatic rings. The summed E-state index contributed by atoms with van der Waals surface area (Å²) in [7, 11) is -2.88. The predicted molar refractivity (Wildman–Crippen MR) is 91.3 cm³/mol. The molecule has 0 radical (unpaired) electrons. The third-order valence-electron chi connectivity index (χ3n) is 4.75. The number of hydrogen-bond acceptors (Lipinski definition) is 4. The number of aryl methyl sites for hydroxylation is 1. The monoisotopic (exact) mass is 336 g/mol. The second-order valence-electron chi connectivity index (χ2n) is 6.58. The molecule has 3 rings (SSSR count). The molecule has 1 amide bonds. The van der Waals surface area contributed by atoms with Crippen LogP contribution in [0.5, 0.6) is 0 Å². The van der Waals surface area contributed by atoms with E-state index in [1.807, 2.05) is 12.1 Å². The molecule has 0 unspecified atom stereocenters. The van der Waals surface area contributed by atoms with Gasteiger partial charge in [-0.2, -0.15) is 0 Å². The first-order valence-corrected chi connectivity index (χ1v) is 10.2. The number of fused-ring (bicyclic) bond motifs is 1. The minimum atomic E-state index is -2.88. The largest absolute Gasteiger partial charge is 0.376 e. The molecule has 0 saturated carbocycles. The van der Waals surface area contributed by atoms with Gasteiger partial charge in [-0.05, 0) is 55.2 Å². The topological polar surface area (TPSA) is 75.3 Å². The van der Waals surface area contributed by atoms with Crippen LogP contribution in [0.4, 0.5) is 5.69 Å². The molecule has 1 aliphatic heterocycles. The highest BCUT2D eigenvalue weighted by atomic mass is 32.2. The van der Waals surface area contributed by atoms with Gasteiger partial charge in [0.1, 0.15) is 0 Å². The van der Waals surface area contributed by atoms with Crippen LogP contribution in [0.15, 0.2) is 18.2 Å². The van der Waals surface area contributed by atoms with E-state index in [1.54, 1.807) is 0 Å². The van der Waals surface area contributed by atoms with Gasteiger partial charge in [-0.15, -0.1) is 0 Å². The lowest BCUT2D eigenvalue weighted by molar-refractivity contribution is -0.119. The number of carbonyl (C=O) groups is 1. The minimum absolute atomic E-state index is 0.0634. The Kier molecular flexibility index (Phi) is 4.90. The Hall–Kier alpha value is -1.56. The fourth-order valence-corrected chi connectivity index (χ4v) is 5.34. The molecule has 0 spiro atoms. The maximum Gasteiger partial charge on any atom is 0.239 e. The van der Waals surface area contributed by atoms with Crippen molar-refractivity contribution >= 4 is 21.4 Å². The molecule has 2 aliphatic rings. The van der Waals surface area contributed by atoms with Gasteiger partial charge in [-0.1, -0.05) is 12.1 Å². The fourth-order valence-electron chi connectivity index (χ4n) is 3.48. The van der Waals surface area contributed by atoms with E-state index in [2.05, 4.69) is 16.7 Å². The first-order valence-electron chi connectivity index (χ1n) is 8.35. The molecule has 0 aromatic heterocycles. The molecule has 0 bridgehead atoms. The smallest absolute Gasteiger partial charge is 0.239 e. The van der Waals surface area contributed by atoms with Crippen molar-refractivity contribution in [1.82, 2.24) is 5.32 Å². The summed E-state index contributed by atoms with van der Waals surface area (Å²) in [5, 5.41) is 6.08. The fraction of sp³-hybridized carbons (Fsp3) is 0.588. The highest BCUT2D eigenvalue weighted by Gasteiger charge is 2.27. The SMILES string of the molecule is O=C(CNc1cccc2c1CCCC2)NC[C@@H]1CCS(=O)(=O)C1. The van der Waals surface area contributed by atoms with E-state index in [0.29, 0.717) is 13.0 Å². The van der Waals surface area contributed by atoms with Gasteiger partial charge in [-0.3, -0.25) is 4.79 Å². The van der Waals surface area contributed by atoms with Crippen LogP contribution in [0.3, 0.4) is 0 Å². The van der Waals surface area contributed by atoms with Crippen molar-refractivity contribution in [3.8, 4) is 0 Å². The van der Waals surface area contributed by atoms with Crippen molar-refractivity contribution < 1.29 is 13.2 Å². The normalized spacial score (nSPS) is 22.3. The summed E-state index contributed by atoms with van der Waals surface area (Å²) in [6.45, 7) is 0.683. The van der Waals surface area contributed by atoms with Crippen molar-refractivity contribution in [2.75, 3.05) is 29.9 Å². The highest BCUT2D eigenvalue weighted by Crippen LogP contribution is 2.27. The number of benzene rings is 1. The van der Waals surface area contributed by atoms with Crippen LogP contribution in [-0.2, 0) is 27.5 Å². The van der Waals surface area contributed by atoms with E-state index < -0.39 is 9.84 Å². The molecule has 1 heterocycles. The van der Waals surface area contributed by atoms with Crippen LogP contribution in [-0.4, -0.2) is 38.9 Å². The third-order valence-corrected chi connectivity index (χ3v) is 6.59. The van der Waals surface area contributed by atoms with Gasteiger partial charge in [-0.25, -0.2) is 8.42 Å². The molecule has 23 heavy (non-hydrogen) atoms. The van der Waals surface area contributed by atoms with Crippen LogP contribution < -0.4 is 10.6 Å². The Morgan fingerprint density at radius 3 is 2.83 bits per heavy atom. The number of sulfone groups is 1. The number of hydrogen-bond donors (Lipinski definition) is 2. The molecule has 5 nitrogen and oxygen atoms in total. The molecule has 1 fully saturated rings. The quantitative estimate of drug-likeness (QED) is 0.855. The second kappa shape index (κ2) is 6.91. The van der Waals surface area contributed by atoms with Crippen LogP contribution in [0, 0.1) is 5.92 Å². The van der Waals surface area contributed by atoms with Gasteiger partial charge in [0.25, 0.3) is 0 Å². The van der Waals surface area contributed by atoms with Crippen LogP contribution in [0.1, 0.15) is 30.4 Å². The molecule has 6 heteroatoms. The lowest BCUT2D eigenvalue weighted by Crippen LogP contribution is -2.34. The van der Waals surface area contributed by atoms with E-state index >= 15 is 0 Å². The van der Waals surface area contributed by atoms with Gasteiger partial charge < -0.3 is 10.6 Å². The number of amides is 1. The zero-order chi connectivity index (χ0) is 16.3. The number of nitrogens with one attached hydrogen (secondary N) is 2. The van der Waals surface area contributed by atoms with Crippen molar-refractivity contribution in [3.63, 3.8) is 0 Å². The van der Waals surface area contributed by atoms with E-state index in [1.165, 1.54) is 24.0 Å². The summed E-state index contributed by atoms with van der Waals surface area (Å²) in [5.41, 5.74) is 3.78. The number of carbonyl (C=O) groups excluding carboxylic acids is 1. The summed E-state index contributed by atoms with van der Waals surface area (Å²) in [4.78, 5) is 12.0. The van der Waals surface area contributed by atoms with Crippen LogP contribution in [0.2, 0.25) is 0 Å². The van der Waals surface area contributed by atoms with Crippen LogP contribution >= 0.6 is 0 Å². The van der Waals surface area contributed by atoms with Gasteiger partial charge in [0.05, 0.1) is 18.1 Å². The average Bonchev–Trinajstić information content (AvgIpc) is 2.90. The summed E-state index contributed by atoms with van der Waals surface area (Å²) in [6, 6.07) is 6.23. The Balaban J connectivity index is 1.48. The Morgan fingerprint density at radius 2 is 2.04 bits per heavy atom. The zero-order valence-electron chi connectivity index (χ0n) is 13.3. The minimum Gasteiger partial charge on any atom is -0.376 e. The Labute approximate surface area is 137 Å². The standard InChI is InChI=1S/C17H24N2O3S/c20-17(19-10-13-8-9-23(21,22)12-13)11-18-16-7-3-5-14-4-1-2-6-15(14)16/h3,5,7,13,18H,1-2,4,6,8-12H2,(H,19,20)/t13-/m0/s1. The van der Waals surface area contributed by atoms with Gasteiger partial charge in [0.15, 0.2) is 9.84 Å². The van der Waals surface area contributed by atoms with Gasteiger partial charge in [0, 0.05) is 12.2 Å². The first kappa shape index (κ1) is 16.3. The van der Waals surface area contributed by atoms with E-state index in [4.69, 9.17) is 0 Å². The summed E-state index contributed by atoms with van der Waals surface area (Å²) in [5.74, 6) is 0.436. The number of anilines is 1. The molecule has 126 valence electrons. The maximum absolute atomic E-state index is 12.0. The van der Waals surface area contributed by atoms with Crippen molar-refractivity contribution in [2.45, 2.75) is 32.1 Å². The molecule has 1 saturated heterocycles. The predicted octanol–water partition coefficient (Wildman–Crippen LogP) is 1.53. The lowest BCUT2D eigenvalue weighted by atomic mass is 9.90. The summed E-state index contributed by atoms with van der Waals surface area (Å²) >= 11 is 0. The molecule has 1 aromatic carbocycles. The first-order chi connectivity index (χ1) is 11.0. The van der Waals surface area contributed by atoms with Crippen molar-refractivity contribution in [1.29, 1.82) is 0 Å². The van der Waals surface area contributed by atoms with Crippen molar-refractivity contribution in [2.24, 2.45) is 5.92 Å². The Bertz CT molecular complexity index is 685. The van der Waals surface area contributed by atoms with E-state index in [-0.39, 0.29) is 29.9 Å². The molecular formula is C17H24N2O3S. The maximum atomic E-state index is 12.0.